The second kappa shape index (κ2) is 3.83. The molecule has 0 saturated heterocycles. The van der Waals surface area contributed by atoms with Gasteiger partial charge in [0.2, 0.25) is 0 Å². The Bertz CT molecular complexity index is 345. The Labute approximate surface area is 86.3 Å². The van der Waals surface area contributed by atoms with Gasteiger partial charge in [-0.25, -0.2) is 8.78 Å². The van der Waals surface area contributed by atoms with E-state index in [-0.39, 0.29) is 17.0 Å². The Morgan fingerprint density at radius 2 is 1.93 bits per heavy atom. The highest BCUT2D eigenvalue weighted by Crippen LogP contribution is 2.24. The van der Waals surface area contributed by atoms with Crippen LogP contribution in [0, 0.1) is 11.6 Å². The van der Waals surface area contributed by atoms with E-state index in [0.29, 0.717) is 0 Å². The summed E-state index contributed by atoms with van der Waals surface area (Å²) >= 11 is 5.49. The fraction of sp³-hybridized carbons (Fsp3) is 0.400. The summed E-state index contributed by atoms with van der Waals surface area (Å²) < 4.78 is 26.5. The number of aliphatic hydroxyl groups is 1. The lowest BCUT2D eigenvalue weighted by atomic mass is 9.98. The molecule has 0 radical (unpaired) electrons. The third-order valence-corrected chi connectivity index (χ3v) is 2.04. The van der Waals surface area contributed by atoms with Gasteiger partial charge in [-0.1, -0.05) is 11.6 Å². The highest BCUT2D eigenvalue weighted by atomic mass is 35.5. The first-order valence-electron chi connectivity index (χ1n) is 4.16. The Balaban J connectivity index is 3.13. The van der Waals surface area contributed by atoms with Crippen molar-refractivity contribution < 1.29 is 13.9 Å². The number of rotatable bonds is 2. The number of hydrogen-bond donors (Lipinski definition) is 1. The molecule has 0 heterocycles. The molecule has 0 spiro atoms. The van der Waals surface area contributed by atoms with E-state index in [1.807, 2.05) is 0 Å². The third-order valence-electron chi connectivity index (χ3n) is 1.75. The van der Waals surface area contributed by atoms with Gasteiger partial charge in [0, 0.05) is 12.0 Å². The standard InChI is InChI=1S/C10H11ClF2O/c1-10(2,14)5-6-8(12)4-3-7(11)9(6)13/h3-4,14H,5H2,1-2H3. The molecular weight excluding hydrogens is 210 g/mol. The quantitative estimate of drug-likeness (QED) is 0.760. The highest BCUT2D eigenvalue weighted by molar-refractivity contribution is 6.30. The largest absolute Gasteiger partial charge is 0.390 e. The molecule has 1 nitrogen and oxygen atoms in total. The van der Waals surface area contributed by atoms with Gasteiger partial charge in [-0.05, 0) is 26.0 Å². The predicted octanol–water partition coefficient (Wildman–Crippen LogP) is 2.93. The van der Waals surface area contributed by atoms with Crippen molar-refractivity contribution in [3.63, 3.8) is 0 Å². The lowest BCUT2D eigenvalue weighted by Crippen LogP contribution is -2.23. The van der Waals surface area contributed by atoms with E-state index in [1.165, 1.54) is 13.8 Å². The van der Waals surface area contributed by atoms with Crippen molar-refractivity contribution in [3.8, 4) is 0 Å². The average molecular weight is 221 g/mol. The Hall–Kier alpha value is -0.670. The van der Waals surface area contributed by atoms with Gasteiger partial charge < -0.3 is 5.11 Å². The number of benzene rings is 1. The SMILES string of the molecule is CC(C)(O)Cc1c(F)ccc(Cl)c1F. The van der Waals surface area contributed by atoms with E-state index in [4.69, 9.17) is 11.6 Å². The van der Waals surface area contributed by atoms with Gasteiger partial charge >= 0.3 is 0 Å². The van der Waals surface area contributed by atoms with E-state index >= 15 is 0 Å². The normalized spacial score (nSPS) is 11.9. The minimum Gasteiger partial charge on any atom is -0.390 e. The molecule has 0 aliphatic rings. The molecule has 0 aliphatic heterocycles. The van der Waals surface area contributed by atoms with Crippen molar-refractivity contribution in [2.75, 3.05) is 0 Å². The first-order valence-corrected chi connectivity index (χ1v) is 4.54. The fourth-order valence-corrected chi connectivity index (χ4v) is 1.34. The van der Waals surface area contributed by atoms with Crippen LogP contribution in [-0.2, 0) is 6.42 Å². The smallest absolute Gasteiger partial charge is 0.147 e. The summed E-state index contributed by atoms with van der Waals surface area (Å²) in [6.07, 6.45) is -0.106. The van der Waals surface area contributed by atoms with Crippen LogP contribution in [0.25, 0.3) is 0 Å². The first kappa shape index (κ1) is 11.4. The Morgan fingerprint density at radius 1 is 1.36 bits per heavy atom. The first-order chi connectivity index (χ1) is 6.31. The second-order valence-corrected chi connectivity index (χ2v) is 4.22. The molecule has 14 heavy (non-hydrogen) atoms. The predicted molar refractivity (Wildman–Crippen MR) is 51.4 cm³/mol. The van der Waals surface area contributed by atoms with Crippen LogP contribution < -0.4 is 0 Å². The van der Waals surface area contributed by atoms with Crippen LogP contribution in [0.5, 0.6) is 0 Å². The summed E-state index contributed by atoms with van der Waals surface area (Å²) in [4.78, 5) is 0. The molecule has 1 rings (SSSR count). The van der Waals surface area contributed by atoms with Crippen LogP contribution in [0.4, 0.5) is 8.78 Å². The van der Waals surface area contributed by atoms with Gasteiger partial charge in [0.05, 0.1) is 10.6 Å². The van der Waals surface area contributed by atoms with Crippen LogP contribution in [0.3, 0.4) is 0 Å². The molecule has 1 N–H and O–H groups in total. The molecule has 4 heteroatoms. The van der Waals surface area contributed by atoms with Crippen molar-refractivity contribution in [2.24, 2.45) is 0 Å². The molecule has 78 valence electrons. The molecule has 0 unspecified atom stereocenters. The third kappa shape index (κ3) is 2.66. The van der Waals surface area contributed by atoms with Gasteiger partial charge in [-0.3, -0.25) is 0 Å². The molecule has 0 amide bonds. The molecule has 0 aromatic heterocycles. The minimum atomic E-state index is -1.16. The molecule has 0 saturated carbocycles. The van der Waals surface area contributed by atoms with Crippen LogP contribution >= 0.6 is 11.6 Å². The maximum Gasteiger partial charge on any atom is 0.147 e. The summed E-state index contributed by atoms with van der Waals surface area (Å²) in [5.41, 5.74) is -1.34. The van der Waals surface area contributed by atoms with Crippen LogP contribution in [0.15, 0.2) is 12.1 Å². The summed E-state index contributed by atoms with van der Waals surface area (Å²) in [7, 11) is 0. The van der Waals surface area contributed by atoms with E-state index < -0.39 is 17.2 Å². The van der Waals surface area contributed by atoms with Gasteiger partial charge in [-0.2, -0.15) is 0 Å². The van der Waals surface area contributed by atoms with Crippen LogP contribution in [0.2, 0.25) is 5.02 Å². The lowest BCUT2D eigenvalue weighted by molar-refractivity contribution is 0.0789. The van der Waals surface area contributed by atoms with Crippen molar-refractivity contribution in [1.82, 2.24) is 0 Å². The summed E-state index contributed by atoms with van der Waals surface area (Å²) in [6, 6.07) is 2.24. The average Bonchev–Trinajstić information content (AvgIpc) is 2.04. The molecule has 0 atom stereocenters. The summed E-state index contributed by atoms with van der Waals surface area (Å²) in [6.45, 7) is 2.96. The van der Waals surface area contributed by atoms with Crippen molar-refractivity contribution >= 4 is 11.6 Å². The molecule has 0 fully saturated rings. The minimum absolute atomic E-state index is 0.106. The van der Waals surface area contributed by atoms with Gasteiger partial charge in [0.25, 0.3) is 0 Å². The van der Waals surface area contributed by atoms with Crippen LogP contribution in [-0.4, -0.2) is 10.7 Å². The summed E-state index contributed by atoms with van der Waals surface area (Å²) in [5.74, 6) is -1.48. The van der Waals surface area contributed by atoms with E-state index in [2.05, 4.69) is 0 Å². The maximum absolute atomic E-state index is 13.3. The molecule has 0 bridgehead atoms. The van der Waals surface area contributed by atoms with Gasteiger partial charge in [0.15, 0.2) is 0 Å². The van der Waals surface area contributed by atoms with Gasteiger partial charge in [-0.15, -0.1) is 0 Å². The van der Waals surface area contributed by atoms with E-state index in [0.717, 1.165) is 12.1 Å². The zero-order chi connectivity index (χ0) is 10.9. The zero-order valence-corrected chi connectivity index (χ0v) is 8.70. The van der Waals surface area contributed by atoms with E-state index in [9.17, 15) is 13.9 Å². The lowest BCUT2D eigenvalue weighted by Gasteiger charge is -2.18. The zero-order valence-electron chi connectivity index (χ0n) is 7.94. The molecule has 1 aromatic carbocycles. The van der Waals surface area contributed by atoms with Crippen molar-refractivity contribution in [2.45, 2.75) is 25.9 Å². The van der Waals surface area contributed by atoms with Crippen molar-refractivity contribution in [1.29, 1.82) is 0 Å². The summed E-state index contributed by atoms with van der Waals surface area (Å²) in [5, 5.41) is 9.30. The molecule has 0 aliphatic carbocycles. The fourth-order valence-electron chi connectivity index (χ4n) is 1.16. The van der Waals surface area contributed by atoms with Crippen LogP contribution in [0.1, 0.15) is 19.4 Å². The Kier molecular flexibility index (Phi) is 3.12. The maximum atomic E-state index is 13.3. The Morgan fingerprint density at radius 3 is 2.43 bits per heavy atom. The number of halogens is 3. The van der Waals surface area contributed by atoms with Gasteiger partial charge in [0.1, 0.15) is 11.6 Å². The number of hydrogen-bond acceptors (Lipinski definition) is 1. The highest BCUT2D eigenvalue weighted by Gasteiger charge is 2.20. The molecule has 1 aromatic rings. The topological polar surface area (TPSA) is 20.2 Å². The van der Waals surface area contributed by atoms with E-state index in [1.54, 1.807) is 0 Å². The monoisotopic (exact) mass is 220 g/mol. The second-order valence-electron chi connectivity index (χ2n) is 3.81. The van der Waals surface area contributed by atoms with Crippen molar-refractivity contribution in [3.05, 3.63) is 34.4 Å². The molecular formula is C10H11ClF2O.